The van der Waals surface area contributed by atoms with Gasteiger partial charge in [-0.05, 0) is 24.3 Å². The van der Waals surface area contributed by atoms with Crippen molar-refractivity contribution in [3.05, 3.63) is 42.8 Å². The summed E-state index contributed by atoms with van der Waals surface area (Å²) in [5, 5.41) is 2.53. The van der Waals surface area contributed by atoms with Gasteiger partial charge in [0.25, 0.3) is 0 Å². The van der Waals surface area contributed by atoms with Crippen molar-refractivity contribution in [2.75, 3.05) is 33.7 Å². The van der Waals surface area contributed by atoms with E-state index < -0.39 is 0 Å². The Bertz CT molecular complexity index is 337. The molecule has 1 aliphatic rings. The number of rotatable bonds is 3. The number of quaternary nitrogens is 1. The van der Waals surface area contributed by atoms with E-state index in [1.54, 1.807) is 0 Å². The summed E-state index contributed by atoms with van der Waals surface area (Å²) < 4.78 is 0.918. The molecule has 2 rings (SSSR count). The highest BCUT2D eigenvalue weighted by Gasteiger charge is 2.29. The quantitative estimate of drug-likeness (QED) is 0.724. The van der Waals surface area contributed by atoms with Crippen LogP contribution in [0.5, 0.6) is 0 Å². The molecule has 0 bridgehead atoms. The van der Waals surface area contributed by atoms with Crippen molar-refractivity contribution >= 4 is 0 Å². The fourth-order valence-corrected chi connectivity index (χ4v) is 2.61. The van der Waals surface area contributed by atoms with Crippen molar-refractivity contribution in [1.29, 1.82) is 0 Å². The van der Waals surface area contributed by atoms with Gasteiger partial charge in [-0.3, -0.25) is 0 Å². The van der Waals surface area contributed by atoms with E-state index in [0.717, 1.165) is 17.1 Å². The van der Waals surface area contributed by atoms with E-state index in [1.807, 2.05) is 0 Å². The zero-order chi connectivity index (χ0) is 12.3. The summed E-state index contributed by atoms with van der Waals surface area (Å²) in [4.78, 5) is 0. The van der Waals surface area contributed by atoms with Crippen molar-refractivity contribution in [1.82, 2.24) is 5.01 Å². The predicted octanol–water partition coefficient (Wildman–Crippen LogP) is 2.69. The second-order valence-corrected chi connectivity index (χ2v) is 5.48. The molecular weight excluding hydrogens is 208 g/mol. The molecule has 1 saturated heterocycles. The van der Waals surface area contributed by atoms with Gasteiger partial charge < -0.3 is 0 Å². The van der Waals surface area contributed by atoms with E-state index in [2.05, 4.69) is 56.4 Å². The molecule has 2 heteroatoms. The Hall–Kier alpha value is -0.860. The highest BCUT2D eigenvalue weighted by atomic mass is 15.7. The number of hydrogen-bond acceptors (Lipinski definition) is 1. The Morgan fingerprint density at radius 3 is 2.29 bits per heavy atom. The fraction of sp³-hybridized carbons (Fsp3) is 0.533. The van der Waals surface area contributed by atoms with E-state index in [-0.39, 0.29) is 0 Å². The van der Waals surface area contributed by atoms with Crippen LogP contribution in [0.25, 0.3) is 0 Å². The fourth-order valence-electron chi connectivity index (χ4n) is 2.61. The van der Waals surface area contributed by atoms with Crippen LogP contribution in [0.15, 0.2) is 30.3 Å². The predicted molar refractivity (Wildman–Crippen MR) is 72.3 cm³/mol. The SMILES string of the molecule is [CH2]C[N+](C)(C)N1CCC(c2ccccc2)CC1. The average Bonchev–Trinajstić information content (AvgIpc) is 2.40. The van der Waals surface area contributed by atoms with Crippen LogP contribution in [0.2, 0.25) is 0 Å². The van der Waals surface area contributed by atoms with Crippen LogP contribution in [0.3, 0.4) is 0 Å². The van der Waals surface area contributed by atoms with Crippen LogP contribution < -0.4 is 0 Å². The Morgan fingerprint density at radius 1 is 1.18 bits per heavy atom. The monoisotopic (exact) mass is 232 g/mol. The van der Waals surface area contributed by atoms with Crippen molar-refractivity contribution in [3.8, 4) is 0 Å². The zero-order valence-corrected chi connectivity index (χ0v) is 11.1. The summed E-state index contributed by atoms with van der Waals surface area (Å²) in [7, 11) is 4.49. The minimum atomic E-state index is 0.747. The van der Waals surface area contributed by atoms with E-state index >= 15 is 0 Å². The van der Waals surface area contributed by atoms with Crippen LogP contribution in [0, 0.1) is 6.92 Å². The molecule has 0 amide bonds. The first kappa shape index (κ1) is 12.6. The Morgan fingerprint density at radius 2 is 1.76 bits per heavy atom. The summed E-state index contributed by atoms with van der Waals surface area (Å²) in [6.07, 6.45) is 2.54. The van der Waals surface area contributed by atoms with Crippen LogP contribution in [0.4, 0.5) is 0 Å². The molecule has 93 valence electrons. The van der Waals surface area contributed by atoms with E-state index in [9.17, 15) is 0 Å². The Kier molecular flexibility index (Phi) is 3.85. The molecule has 0 atom stereocenters. The summed E-state index contributed by atoms with van der Waals surface area (Å²) in [5.74, 6) is 0.747. The maximum atomic E-state index is 4.04. The Balaban J connectivity index is 1.95. The van der Waals surface area contributed by atoms with Crippen LogP contribution in [0.1, 0.15) is 24.3 Å². The van der Waals surface area contributed by atoms with Gasteiger partial charge in [0.1, 0.15) is 0 Å². The van der Waals surface area contributed by atoms with Crippen molar-refractivity contribution in [2.45, 2.75) is 18.8 Å². The van der Waals surface area contributed by atoms with E-state index in [0.29, 0.717) is 0 Å². The molecule has 2 nitrogen and oxygen atoms in total. The van der Waals surface area contributed by atoms with Gasteiger partial charge in [0, 0.05) is 20.0 Å². The lowest BCUT2D eigenvalue weighted by Gasteiger charge is -2.43. The normalized spacial score (nSPS) is 19.5. The van der Waals surface area contributed by atoms with Crippen molar-refractivity contribution in [2.24, 2.45) is 0 Å². The third-order valence-electron chi connectivity index (χ3n) is 4.06. The number of nitrogens with zero attached hydrogens (tertiary/aromatic N) is 2. The van der Waals surface area contributed by atoms with Crippen LogP contribution in [-0.2, 0) is 0 Å². The van der Waals surface area contributed by atoms with Crippen molar-refractivity contribution in [3.63, 3.8) is 0 Å². The molecule has 0 aromatic heterocycles. The molecule has 1 aromatic carbocycles. The molecule has 0 unspecified atom stereocenters. The van der Waals surface area contributed by atoms with Gasteiger partial charge in [0.05, 0.1) is 20.6 Å². The smallest absolute Gasteiger partial charge is 0.0962 e. The van der Waals surface area contributed by atoms with Gasteiger partial charge in [-0.2, -0.15) is 5.01 Å². The summed E-state index contributed by atoms with van der Waals surface area (Å²) in [6, 6.07) is 10.9. The molecule has 0 saturated carbocycles. The maximum Gasteiger partial charge on any atom is 0.0962 e. The third-order valence-corrected chi connectivity index (χ3v) is 4.06. The molecule has 1 aliphatic heterocycles. The molecule has 0 N–H and O–H groups in total. The average molecular weight is 232 g/mol. The number of benzene rings is 1. The molecule has 1 radical (unpaired) electrons. The number of piperidine rings is 1. The lowest BCUT2D eigenvalue weighted by atomic mass is 9.90. The first-order chi connectivity index (χ1) is 8.13. The largest absolute Gasteiger partial charge is 0.248 e. The van der Waals surface area contributed by atoms with Gasteiger partial charge in [-0.15, -0.1) is 0 Å². The number of hydrogen-bond donors (Lipinski definition) is 0. The summed E-state index contributed by atoms with van der Waals surface area (Å²) in [5.41, 5.74) is 1.51. The second-order valence-electron chi connectivity index (χ2n) is 5.48. The first-order valence-electron chi connectivity index (χ1n) is 6.56. The molecule has 1 fully saturated rings. The maximum absolute atomic E-state index is 4.04. The van der Waals surface area contributed by atoms with Gasteiger partial charge in [0.15, 0.2) is 0 Å². The molecule has 0 aliphatic carbocycles. The van der Waals surface area contributed by atoms with Crippen molar-refractivity contribution < 1.29 is 4.59 Å². The Labute approximate surface area is 105 Å². The minimum absolute atomic E-state index is 0.747. The molecule has 17 heavy (non-hydrogen) atoms. The van der Waals surface area contributed by atoms with Gasteiger partial charge >= 0.3 is 0 Å². The summed E-state index contributed by atoms with van der Waals surface area (Å²) >= 11 is 0. The van der Waals surface area contributed by atoms with Gasteiger partial charge in [-0.1, -0.05) is 30.3 Å². The van der Waals surface area contributed by atoms with Gasteiger partial charge in [-0.25, -0.2) is 4.59 Å². The lowest BCUT2D eigenvalue weighted by Crippen LogP contribution is -2.56. The summed E-state index contributed by atoms with van der Waals surface area (Å²) in [6.45, 7) is 7.33. The second kappa shape index (κ2) is 5.19. The third kappa shape index (κ3) is 2.88. The van der Waals surface area contributed by atoms with Gasteiger partial charge in [0.2, 0.25) is 0 Å². The zero-order valence-electron chi connectivity index (χ0n) is 11.1. The molecule has 0 spiro atoms. The molecule has 1 aromatic rings. The highest BCUT2D eigenvalue weighted by Crippen LogP contribution is 2.29. The van der Waals surface area contributed by atoms with E-state index in [1.165, 1.54) is 31.5 Å². The van der Waals surface area contributed by atoms with E-state index in [4.69, 9.17) is 0 Å². The van der Waals surface area contributed by atoms with Crippen LogP contribution >= 0.6 is 0 Å². The minimum Gasteiger partial charge on any atom is -0.248 e. The molecular formula is C15H24N2+. The molecule has 1 heterocycles. The lowest BCUT2D eigenvalue weighted by molar-refractivity contribution is -1.000. The standard InChI is InChI=1S/C15H24N2/c1-4-17(2,3)16-12-10-15(11-13-16)14-8-6-5-7-9-14/h5-9,15H,1,4,10-13H2,2-3H3/q+1. The highest BCUT2D eigenvalue weighted by molar-refractivity contribution is 5.19. The first-order valence-corrected chi connectivity index (χ1v) is 6.56. The van der Waals surface area contributed by atoms with Crippen LogP contribution in [-0.4, -0.2) is 43.3 Å². The topological polar surface area (TPSA) is 3.24 Å².